The topological polar surface area (TPSA) is 62.4 Å². The molecule has 0 spiro atoms. The van der Waals surface area contributed by atoms with E-state index in [9.17, 15) is 13.2 Å². The highest BCUT2D eigenvalue weighted by molar-refractivity contribution is 5.70. The van der Waals surface area contributed by atoms with E-state index in [0.29, 0.717) is 30.8 Å². The lowest BCUT2D eigenvalue weighted by molar-refractivity contribution is -0.138. The third-order valence-corrected chi connectivity index (χ3v) is 4.62. The zero-order valence-electron chi connectivity index (χ0n) is 17.3. The smallest absolute Gasteiger partial charge is 0.416 e. The second-order valence-electron chi connectivity index (χ2n) is 6.95. The lowest BCUT2D eigenvalue weighted by Crippen LogP contribution is -2.27. The molecule has 6 nitrogen and oxygen atoms in total. The van der Waals surface area contributed by atoms with Crippen LogP contribution in [0.25, 0.3) is 11.3 Å². The van der Waals surface area contributed by atoms with Crippen LogP contribution in [0.3, 0.4) is 0 Å². The summed E-state index contributed by atoms with van der Waals surface area (Å²) in [5.74, 6) is 0.179. The molecule has 0 fully saturated rings. The monoisotopic (exact) mass is 414 g/mol. The van der Waals surface area contributed by atoms with Gasteiger partial charge in [-0.2, -0.15) is 18.3 Å². The summed E-state index contributed by atoms with van der Waals surface area (Å²) in [4.78, 5) is 2.08. The number of halogens is 3. The minimum atomic E-state index is -4.48. The molecule has 1 aromatic carbocycles. The molecule has 1 aromatic heterocycles. The van der Waals surface area contributed by atoms with Gasteiger partial charge in [-0.3, -0.25) is 5.10 Å². The first kappa shape index (κ1) is 23.2. The molecule has 0 radical (unpaired) electrons. The summed E-state index contributed by atoms with van der Waals surface area (Å²) in [5, 5.41) is 10.0. The van der Waals surface area contributed by atoms with Crippen molar-refractivity contribution in [3.63, 3.8) is 0 Å². The number of rotatable bonds is 11. The molecule has 29 heavy (non-hydrogen) atoms. The van der Waals surface area contributed by atoms with Gasteiger partial charge in [0.1, 0.15) is 5.75 Å². The summed E-state index contributed by atoms with van der Waals surface area (Å²) in [6.07, 6.45) is -2.23. The fourth-order valence-electron chi connectivity index (χ4n) is 3.06. The van der Waals surface area contributed by atoms with E-state index in [-0.39, 0.29) is 17.9 Å². The minimum Gasteiger partial charge on any atom is -0.493 e. The number of nitrogens with zero attached hydrogens (tertiary/aromatic N) is 2. The Morgan fingerprint density at radius 2 is 2.00 bits per heavy atom. The van der Waals surface area contributed by atoms with Gasteiger partial charge in [-0.05, 0) is 38.7 Å². The van der Waals surface area contributed by atoms with Crippen LogP contribution in [-0.4, -0.2) is 62.6 Å². The molecular formula is C20H29F3N4O2. The fraction of sp³-hybridized carbons (Fsp3) is 0.550. The second kappa shape index (κ2) is 10.6. The van der Waals surface area contributed by atoms with E-state index in [1.807, 2.05) is 14.1 Å². The molecule has 2 N–H and O–H groups in total. The Hall–Kier alpha value is -2.10. The van der Waals surface area contributed by atoms with Crippen LogP contribution in [0.15, 0.2) is 18.3 Å². The predicted octanol–water partition coefficient (Wildman–Crippen LogP) is 3.47. The number of nitrogens with one attached hydrogen (secondary N) is 2. The number of methoxy groups -OCH3 is 1. The zero-order chi connectivity index (χ0) is 21.4. The third kappa shape index (κ3) is 6.45. The molecule has 0 unspecified atom stereocenters. The first-order chi connectivity index (χ1) is 13.8. The molecule has 0 aliphatic rings. The molecule has 0 bridgehead atoms. The average Bonchev–Trinajstić information content (AvgIpc) is 3.11. The van der Waals surface area contributed by atoms with Gasteiger partial charge in [0.05, 0.1) is 24.1 Å². The average molecular weight is 414 g/mol. The van der Waals surface area contributed by atoms with Crippen LogP contribution in [0.1, 0.15) is 23.1 Å². The first-order valence-electron chi connectivity index (χ1n) is 9.47. The number of likely N-dealkylation sites (N-methyl/N-ethyl adjacent to an activating group) is 2. The number of alkyl halides is 3. The lowest BCUT2D eigenvalue weighted by Gasteiger charge is -2.19. The van der Waals surface area contributed by atoms with Crippen LogP contribution in [0, 0.1) is 6.92 Å². The highest BCUT2D eigenvalue weighted by Crippen LogP contribution is 2.39. The van der Waals surface area contributed by atoms with Gasteiger partial charge >= 0.3 is 6.18 Å². The zero-order valence-corrected chi connectivity index (χ0v) is 17.3. The van der Waals surface area contributed by atoms with Crippen LogP contribution in [0.4, 0.5) is 13.2 Å². The van der Waals surface area contributed by atoms with Crippen LogP contribution in [0.2, 0.25) is 0 Å². The Labute approximate surface area is 169 Å². The molecule has 0 saturated carbocycles. The van der Waals surface area contributed by atoms with Crippen LogP contribution >= 0.6 is 0 Å². The van der Waals surface area contributed by atoms with Gasteiger partial charge in [0.25, 0.3) is 0 Å². The predicted molar refractivity (Wildman–Crippen MR) is 106 cm³/mol. The number of aromatic amines is 1. The van der Waals surface area contributed by atoms with Crippen molar-refractivity contribution < 1.29 is 22.6 Å². The van der Waals surface area contributed by atoms with Crippen LogP contribution in [0.5, 0.6) is 5.75 Å². The SMILES string of the molecule is CNCCN(C)Cc1cn[nH]c1-c1cc(OCCCOC)cc(C(F)(F)F)c1C. The molecular weight excluding hydrogens is 385 g/mol. The van der Waals surface area contributed by atoms with Crippen molar-refractivity contribution in [2.24, 2.45) is 0 Å². The van der Waals surface area contributed by atoms with E-state index >= 15 is 0 Å². The summed E-state index contributed by atoms with van der Waals surface area (Å²) >= 11 is 0. The summed E-state index contributed by atoms with van der Waals surface area (Å²) in [5.41, 5.74) is 1.28. The standard InChI is InChI=1S/C20H29F3N4O2/c1-14-17(19-15(12-25-26-19)13-27(3)7-6-24-2)10-16(29-9-5-8-28-4)11-18(14)20(21,22)23/h10-12,24H,5-9,13H2,1-4H3,(H,25,26). The largest absolute Gasteiger partial charge is 0.493 e. The van der Waals surface area contributed by atoms with Gasteiger partial charge in [-0.1, -0.05) is 0 Å². The van der Waals surface area contributed by atoms with Crippen molar-refractivity contribution in [3.05, 3.63) is 35.0 Å². The molecule has 0 aliphatic heterocycles. The van der Waals surface area contributed by atoms with E-state index in [1.54, 1.807) is 19.4 Å². The normalized spacial score (nSPS) is 12.0. The highest BCUT2D eigenvalue weighted by atomic mass is 19.4. The van der Waals surface area contributed by atoms with E-state index in [1.165, 1.54) is 6.92 Å². The van der Waals surface area contributed by atoms with Crippen molar-refractivity contribution in [2.45, 2.75) is 26.1 Å². The number of aromatic nitrogens is 2. The minimum absolute atomic E-state index is 0.144. The molecule has 0 aliphatic carbocycles. The molecule has 162 valence electrons. The Balaban J connectivity index is 2.37. The van der Waals surface area contributed by atoms with Crippen molar-refractivity contribution in [1.82, 2.24) is 20.4 Å². The summed E-state index contributed by atoms with van der Waals surface area (Å²) in [6.45, 7) is 4.41. The Bertz CT molecular complexity index is 778. The molecule has 0 saturated heterocycles. The lowest BCUT2D eigenvalue weighted by atomic mass is 9.97. The van der Waals surface area contributed by atoms with Gasteiger partial charge in [-0.25, -0.2) is 0 Å². The van der Waals surface area contributed by atoms with Crippen LogP contribution in [-0.2, 0) is 17.5 Å². The Kier molecular flexibility index (Phi) is 8.48. The number of benzene rings is 1. The van der Waals surface area contributed by atoms with Crippen molar-refractivity contribution in [3.8, 4) is 17.0 Å². The molecule has 0 amide bonds. The van der Waals surface area contributed by atoms with Crippen molar-refractivity contribution in [1.29, 1.82) is 0 Å². The van der Waals surface area contributed by atoms with Gasteiger partial charge in [-0.15, -0.1) is 0 Å². The van der Waals surface area contributed by atoms with E-state index < -0.39 is 11.7 Å². The molecule has 2 rings (SSSR count). The quantitative estimate of drug-likeness (QED) is 0.552. The maximum Gasteiger partial charge on any atom is 0.416 e. The molecule has 1 heterocycles. The fourth-order valence-corrected chi connectivity index (χ4v) is 3.06. The van der Waals surface area contributed by atoms with Gasteiger partial charge in [0.2, 0.25) is 0 Å². The summed E-state index contributed by atoms with van der Waals surface area (Å²) in [7, 11) is 5.40. The maximum absolute atomic E-state index is 13.6. The van der Waals surface area contributed by atoms with Gasteiger partial charge < -0.3 is 19.7 Å². The van der Waals surface area contributed by atoms with E-state index in [4.69, 9.17) is 9.47 Å². The number of hydrogen-bond acceptors (Lipinski definition) is 5. The number of H-pyrrole nitrogens is 1. The number of hydrogen-bond donors (Lipinski definition) is 2. The Morgan fingerprint density at radius 1 is 1.24 bits per heavy atom. The van der Waals surface area contributed by atoms with E-state index in [0.717, 1.165) is 24.7 Å². The maximum atomic E-state index is 13.6. The third-order valence-electron chi connectivity index (χ3n) is 4.62. The van der Waals surface area contributed by atoms with Crippen molar-refractivity contribution >= 4 is 0 Å². The van der Waals surface area contributed by atoms with Crippen molar-refractivity contribution in [2.75, 3.05) is 47.5 Å². The molecule has 2 aromatic rings. The molecule has 0 atom stereocenters. The van der Waals surface area contributed by atoms with Crippen LogP contribution < -0.4 is 10.1 Å². The van der Waals surface area contributed by atoms with Gasteiger partial charge in [0.15, 0.2) is 0 Å². The van der Waals surface area contributed by atoms with E-state index in [2.05, 4.69) is 20.4 Å². The highest BCUT2D eigenvalue weighted by Gasteiger charge is 2.34. The summed E-state index contributed by atoms with van der Waals surface area (Å²) < 4.78 is 51.4. The first-order valence-corrected chi connectivity index (χ1v) is 9.47. The molecule has 9 heteroatoms. The summed E-state index contributed by atoms with van der Waals surface area (Å²) in [6, 6.07) is 2.70. The second-order valence-corrected chi connectivity index (χ2v) is 6.95. The van der Waals surface area contributed by atoms with Gasteiger partial charge in [0, 0.05) is 50.9 Å². The Morgan fingerprint density at radius 3 is 2.66 bits per heavy atom. The number of ether oxygens (including phenoxy) is 2.